The molecule has 0 radical (unpaired) electrons. The summed E-state index contributed by atoms with van der Waals surface area (Å²) in [5.41, 5.74) is -2.97. The van der Waals surface area contributed by atoms with E-state index in [1.807, 2.05) is 0 Å². The zero-order chi connectivity index (χ0) is 10.6. The molecule has 0 amide bonds. The van der Waals surface area contributed by atoms with Crippen LogP contribution in [0.25, 0.3) is 0 Å². The van der Waals surface area contributed by atoms with Gasteiger partial charge < -0.3 is 34.8 Å². The topological polar surface area (TPSA) is 141 Å². The quantitative estimate of drug-likeness (QED) is 0.497. The van der Waals surface area contributed by atoms with Crippen molar-refractivity contribution in [2.24, 2.45) is 0 Å². The molecule has 0 spiro atoms. The van der Waals surface area contributed by atoms with Gasteiger partial charge in [0.25, 0.3) is 0 Å². The maximum atomic E-state index is 10.1. The van der Waals surface area contributed by atoms with Crippen molar-refractivity contribution in [2.45, 2.75) is 18.4 Å². The number of rotatable bonds is 5. The Hall–Kier alpha value is 1.89. The molecule has 0 saturated heterocycles. The Labute approximate surface area is 174 Å². The minimum atomic E-state index is -2.97. The summed E-state index contributed by atoms with van der Waals surface area (Å²) in [6, 6.07) is 0. The van der Waals surface area contributed by atoms with E-state index in [0.29, 0.717) is 0 Å². The van der Waals surface area contributed by atoms with Crippen LogP contribution >= 0.6 is 0 Å². The Morgan fingerprint density at radius 2 is 1.12 bits per heavy atom. The molecule has 7 nitrogen and oxygen atoms in total. The third-order valence-electron chi connectivity index (χ3n) is 1.25. The second-order valence-corrected chi connectivity index (χ2v) is 2.42. The predicted molar refractivity (Wildman–Crippen MR) is 29.2 cm³/mol. The first-order valence-corrected chi connectivity index (χ1v) is 3.11. The summed E-state index contributed by atoms with van der Waals surface area (Å²) in [7, 11) is 0. The van der Waals surface area contributed by atoms with Crippen LogP contribution in [0, 0.1) is 0 Å². The fourth-order valence-electron chi connectivity index (χ4n) is 0.684. The number of hydrogen-bond donors (Lipinski definition) is 1. The average Bonchev–Trinajstić information content (AvgIpc) is 1.82. The molecule has 0 aromatic carbocycles. The molecule has 0 unspecified atom stereocenters. The van der Waals surface area contributed by atoms with E-state index in [1.54, 1.807) is 0 Å². The molecule has 17 heavy (non-hydrogen) atoms. The molecule has 0 aromatic rings. The van der Waals surface area contributed by atoms with Gasteiger partial charge in [-0.25, -0.2) is 0 Å². The summed E-state index contributed by atoms with van der Waals surface area (Å²) < 4.78 is 0. The zero-order valence-electron chi connectivity index (χ0n) is 9.66. The van der Waals surface area contributed by atoms with E-state index in [-0.39, 0.29) is 106 Å². The average molecular weight is 314 g/mol. The molecular weight excluding hydrogens is 309 g/mol. The molecule has 11 heteroatoms. The molecule has 0 heterocycles. The second kappa shape index (κ2) is 14.3. The number of hydrogen-bond acceptors (Lipinski definition) is 7. The molecule has 80 valence electrons. The molecular formula is C6H5FeNa3O7+2. The molecule has 0 fully saturated rings. The largest absolute Gasteiger partial charge is 2.00 e. The molecule has 0 bridgehead atoms. The Kier molecular flexibility index (Phi) is 26.4. The zero-order valence-corrected chi connectivity index (χ0v) is 16.8. The Morgan fingerprint density at radius 1 is 0.882 bits per heavy atom. The van der Waals surface area contributed by atoms with Gasteiger partial charge in [0.2, 0.25) is 0 Å². The van der Waals surface area contributed by atoms with Crippen molar-refractivity contribution in [3.05, 3.63) is 0 Å². The van der Waals surface area contributed by atoms with Crippen molar-refractivity contribution in [1.29, 1.82) is 0 Å². The molecule has 0 atom stereocenters. The summed E-state index contributed by atoms with van der Waals surface area (Å²) >= 11 is 0. The standard InChI is InChI=1S/C6H8O7.Fe.3Na/c7-3(8)1-6(13,5(11)12)2-4(9)10;;;;/h13H,1-2H2,(H,7,8)(H,9,10)(H,11,12);;;;/q;+2;3*+1/p-3. The van der Waals surface area contributed by atoms with E-state index in [0.717, 1.165) is 0 Å². The van der Waals surface area contributed by atoms with Crippen molar-refractivity contribution in [3.8, 4) is 0 Å². The van der Waals surface area contributed by atoms with Crippen molar-refractivity contribution < 1.29 is 141 Å². The monoisotopic (exact) mass is 314 g/mol. The van der Waals surface area contributed by atoms with Gasteiger partial charge in [0.15, 0.2) is 0 Å². The fraction of sp³-hybridized carbons (Fsp3) is 0.500. The van der Waals surface area contributed by atoms with Gasteiger partial charge in [0.05, 0.1) is 5.97 Å². The summed E-state index contributed by atoms with van der Waals surface area (Å²) in [6.45, 7) is 0. The SMILES string of the molecule is O=C([O-])CC(O)(CC(=O)[O-])C(=O)[O-].[Fe+2].[Na+].[Na+].[Na+]. The summed E-state index contributed by atoms with van der Waals surface area (Å²) in [6.07, 6.45) is -2.72. The van der Waals surface area contributed by atoms with Gasteiger partial charge in [0, 0.05) is 24.8 Å². The van der Waals surface area contributed by atoms with E-state index in [1.165, 1.54) is 0 Å². The number of aliphatic carboxylic acids is 3. The first-order valence-electron chi connectivity index (χ1n) is 3.11. The van der Waals surface area contributed by atoms with E-state index in [4.69, 9.17) is 5.11 Å². The van der Waals surface area contributed by atoms with Crippen LogP contribution in [0.15, 0.2) is 0 Å². The summed E-state index contributed by atoms with van der Waals surface area (Å²) in [5.74, 6) is -5.98. The predicted octanol–water partition coefficient (Wildman–Crippen LogP) is -14.2. The maximum Gasteiger partial charge on any atom is 2.00 e. The van der Waals surface area contributed by atoms with Gasteiger partial charge in [-0.05, 0) is 0 Å². The van der Waals surface area contributed by atoms with E-state index < -0.39 is 36.4 Å². The molecule has 0 aliphatic heterocycles. The molecule has 1 N–H and O–H groups in total. The van der Waals surface area contributed by atoms with Crippen LogP contribution in [0.3, 0.4) is 0 Å². The van der Waals surface area contributed by atoms with Crippen LogP contribution in [-0.2, 0) is 31.5 Å². The Balaban J connectivity index is -0.000000120. The number of carbonyl (C=O) groups is 3. The van der Waals surface area contributed by atoms with Gasteiger partial charge in [-0.2, -0.15) is 0 Å². The van der Waals surface area contributed by atoms with Crippen molar-refractivity contribution in [1.82, 2.24) is 0 Å². The number of carboxylic acids is 3. The fourth-order valence-corrected chi connectivity index (χ4v) is 0.684. The van der Waals surface area contributed by atoms with Gasteiger partial charge in [-0.1, -0.05) is 0 Å². The maximum absolute atomic E-state index is 10.1. The Bertz CT molecular complexity index is 244. The van der Waals surface area contributed by atoms with Crippen LogP contribution in [0.2, 0.25) is 0 Å². The summed E-state index contributed by atoms with van der Waals surface area (Å²) in [4.78, 5) is 30.0. The van der Waals surface area contributed by atoms with Crippen LogP contribution in [0.5, 0.6) is 0 Å². The van der Waals surface area contributed by atoms with E-state index >= 15 is 0 Å². The van der Waals surface area contributed by atoms with Gasteiger partial charge in [-0.15, -0.1) is 0 Å². The molecule has 0 rings (SSSR count). The van der Waals surface area contributed by atoms with Gasteiger partial charge >= 0.3 is 106 Å². The normalized spacial score (nSPS) is 8.29. The van der Waals surface area contributed by atoms with Crippen LogP contribution in [-0.4, -0.2) is 28.6 Å². The molecule has 0 aliphatic carbocycles. The minimum absolute atomic E-state index is 0. The first-order chi connectivity index (χ1) is 5.78. The molecule has 0 aliphatic rings. The van der Waals surface area contributed by atoms with Crippen LogP contribution < -0.4 is 104 Å². The molecule has 0 saturated carbocycles. The second-order valence-electron chi connectivity index (χ2n) is 2.42. The number of carbonyl (C=O) groups excluding carboxylic acids is 3. The third kappa shape index (κ3) is 14.1. The van der Waals surface area contributed by atoms with Crippen LogP contribution in [0.1, 0.15) is 12.8 Å². The third-order valence-corrected chi connectivity index (χ3v) is 1.25. The smallest absolute Gasteiger partial charge is 0.550 e. The number of carboxylic acid groups (broad SMARTS) is 3. The Morgan fingerprint density at radius 3 is 1.24 bits per heavy atom. The van der Waals surface area contributed by atoms with Gasteiger partial charge in [-0.3, -0.25) is 0 Å². The van der Waals surface area contributed by atoms with E-state index in [2.05, 4.69) is 0 Å². The first kappa shape index (κ1) is 31.3. The minimum Gasteiger partial charge on any atom is -0.550 e. The van der Waals surface area contributed by atoms with Crippen molar-refractivity contribution >= 4 is 17.9 Å². The van der Waals surface area contributed by atoms with Crippen molar-refractivity contribution in [3.63, 3.8) is 0 Å². The van der Waals surface area contributed by atoms with Gasteiger partial charge in [0.1, 0.15) is 5.60 Å². The number of aliphatic hydroxyl groups is 1. The van der Waals surface area contributed by atoms with Crippen LogP contribution in [0.4, 0.5) is 0 Å². The van der Waals surface area contributed by atoms with Crippen molar-refractivity contribution in [2.75, 3.05) is 0 Å². The van der Waals surface area contributed by atoms with E-state index in [9.17, 15) is 29.7 Å². The molecule has 0 aromatic heterocycles. The summed E-state index contributed by atoms with van der Waals surface area (Å²) in [5, 5.41) is 38.9.